The minimum atomic E-state index is -0.304. The largest absolute Gasteiger partial charge is 0.495 e. The molecule has 0 saturated carbocycles. The van der Waals surface area contributed by atoms with Crippen molar-refractivity contribution >= 4 is 62.9 Å². The van der Waals surface area contributed by atoms with E-state index in [9.17, 15) is 4.79 Å². The molecule has 0 bridgehead atoms. The Hall–Kier alpha value is -4.05. The van der Waals surface area contributed by atoms with Crippen LogP contribution in [0.5, 0.6) is 11.5 Å². The van der Waals surface area contributed by atoms with E-state index in [1.807, 2.05) is 37.3 Å². The number of amides is 1. The second-order valence-corrected chi connectivity index (χ2v) is 10.5. The summed E-state index contributed by atoms with van der Waals surface area (Å²) in [5, 5.41) is 12.2. The number of hydrogen-bond acceptors (Lipinski definition) is 8. The minimum absolute atomic E-state index is 0.164. The summed E-state index contributed by atoms with van der Waals surface area (Å²) >= 11 is 13.5. The Labute approximate surface area is 254 Å². The zero-order chi connectivity index (χ0) is 29.8. The Bertz CT molecular complexity index is 1630. The highest BCUT2D eigenvalue weighted by Crippen LogP contribution is 2.46. The Morgan fingerprint density at radius 3 is 2.48 bits per heavy atom. The van der Waals surface area contributed by atoms with Crippen molar-refractivity contribution in [1.29, 1.82) is 0 Å². The van der Waals surface area contributed by atoms with E-state index in [1.165, 1.54) is 20.3 Å². The van der Waals surface area contributed by atoms with Crippen molar-refractivity contribution in [3.8, 4) is 22.8 Å². The van der Waals surface area contributed by atoms with Gasteiger partial charge in [-0.1, -0.05) is 41.9 Å². The van der Waals surface area contributed by atoms with Gasteiger partial charge in [0.1, 0.15) is 23.1 Å². The second kappa shape index (κ2) is 12.9. The number of ether oxygens (including phenoxy) is 3. The van der Waals surface area contributed by atoms with Gasteiger partial charge in [0, 0.05) is 47.9 Å². The van der Waals surface area contributed by atoms with Crippen LogP contribution in [-0.2, 0) is 9.53 Å². The molecule has 0 atom stereocenters. The first-order chi connectivity index (χ1) is 20.3. The van der Waals surface area contributed by atoms with Gasteiger partial charge in [0.05, 0.1) is 41.3 Å². The van der Waals surface area contributed by atoms with Crippen LogP contribution in [0.1, 0.15) is 18.4 Å². The quantitative estimate of drug-likeness (QED) is 0.169. The molecule has 0 spiro atoms. The maximum atomic E-state index is 12.1. The highest BCUT2D eigenvalue weighted by molar-refractivity contribution is 6.41. The van der Waals surface area contributed by atoms with Gasteiger partial charge in [0.25, 0.3) is 0 Å². The number of methoxy groups -OCH3 is 2. The van der Waals surface area contributed by atoms with Gasteiger partial charge in [-0.15, -0.1) is 0 Å². The van der Waals surface area contributed by atoms with Crippen molar-refractivity contribution in [2.45, 2.75) is 25.8 Å². The molecule has 3 heterocycles. The van der Waals surface area contributed by atoms with Gasteiger partial charge in [-0.05, 0) is 49.6 Å². The summed E-state index contributed by atoms with van der Waals surface area (Å²) in [7, 11) is 3.07. The normalized spacial score (nSPS) is 13.5. The van der Waals surface area contributed by atoms with E-state index >= 15 is 0 Å². The van der Waals surface area contributed by atoms with Crippen LogP contribution >= 0.6 is 23.2 Å². The highest BCUT2D eigenvalue weighted by Gasteiger charge is 2.23. The molecular weight excluding hydrogens is 577 g/mol. The third kappa shape index (κ3) is 6.09. The number of nitrogens with zero attached hydrogens (tertiary/aromatic N) is 2. The molecule has 4 aromatic rings. The van der Waals surface area contributed by atoms with Crippen molar-refractivity contribution in [3.05, 3.63) is 70.9 Å². The van der Waals surface area contributed by atoms with Crippen LogP contribution in [0.2, 0.25) is 10.0 Å². The van der Waals surface area contributed by atoms with Crippen molar-refractivity contribution in [1.82, 2.24) is 9.97 Å². The molecule has 0 aliphatic carbocycles. The number of fused-ring (bicyclic) bond motifs is 1. The molecule has 11 heteroatoms. The van der Waals surface area contributed by atoms with Crippen molar-refractivity contribution in [2.24, 2.45) is 0 Å². The Kier molecular flexibility index (Phi) is 9.01. The molecule has 5 rings (SSSR count). The number of aromatic nitrogens is 2. The fraction of sp³-hybridized carbons (Fsp3) is 0.258. The van der Waals surface area contributed by atoms with E-state index in [-0.39, 0.29) is 11.9 Å². The number of pyridine rings is 2. The highest BCUT2D eigenvalue weighted by atomic mass is 35.5. The lowest BCUT2D eigenvalue weighted by molar-refractivity contribution is -0.111. The minimum Gasteiger partial charge on any atom is -0.495 e. The van der Waals surface area contributed by atoms with Gasteiger partial charge in [-0.3, -0.25) is 4.79 Å². The lowest BCUT2D eigenvalue weighted by Crippen LogP contribution is -2.28. The molecule has 1 aliphatic heterocycles. The standard InChI is InChI=1S/C31H31Cl2N5O4/c1-5-26(39)36-21-8-6-7-17(2)30(21)38-25-14-20-18(16-34-25)13-22(37-31(20)35-19-9-11-42-12-10-19)27-28(32)23(40-3)15-24(41-4)29(27)33/h5-8,13-16,19H,1,9-12H2,2-4H3,(H,34,38)(H,35,37)(H,36,39). The number of nitrogens with one attached hydrogen (secondary N) is 3. The first-order valence-electron chi connectivity index (χ1n) is 13.4. The number of benzene rings is 2. The zero-order valence-electron chi connectivity index (χ0n) is 23.5. The number of anilines is 4. The lowest BCUT2D eigenvalue weighted by atomic mass is 10.1. The molecule has 2 aromatic carbocycles. The van der Waals surface area contributed by atoms with Gasteiger partial charge in [0.15, 0.2) is 0 Å². The Morgan fingerprint density at radius 1 is 1.10 bits per heavy atom. The summed E-state index contributed by atoms with van der Waals surface area (Å²) in [6.45, 7) is 6.83. The molecule has 218 valence electrons. The third-order valence-corrected chi connectivity index (χ3v) is 7.83. The second-order valence-electron chi connectivity index (χ2n) is 9.78. The molecule has 1 aliphatic rings. The zero-order valence-corrected chi connectivity index (χ0v) is 25.0. The van der Waals surface area contributed by atoms with Crippen LogP contribution in [0.15, 0.2) is 55.3 Å². The van der Waals surface area contributed by atoms with Gasteiger partial charge in [-0.2, -0.15) is 0 Å². The first-order valence-corrected chi connectivity index (χ1v) is 14.1. The SMILES string of the molecule is C=CC(=O)Nc1cccc(C)c1Nc1cc2c(NC3CCOCC3)nc(-c3c(Cl)c(OC)cc(OC)c3Cl)cc2cn1. The summed E-state index contributed by atoms with van der Waals surface area (Å²) in [5.41, 5.74) is 3.32. The van der Waals surface area contributed by atoms with Crippen LogP contribution in [0.25, 0.3) is 22.0 Å². The summed E-state index contributed by atoms with van der Waals surface area (Å²) in [4.78, 5) is 21.8. The molecular formula is C31H31Cl2N5O4. The molecule has 42 heavy (non-hydrogen) atoms. The molecule has 0 radical (unpaired) electrons. The van der Waals surface area contributed by atoms with E-state index in [0.717, 1.165) is 34.9 Å². The van der Waals surface area contributed by atoms with Gasteiger partial charge < -0.3 is 30.2 Å². The average Bonchev–Trinajstić information content (AvgIpc) is 2.99. The molecule has 1 amide bonds. The molecule has 2 aromatic heterocycles. The van der Waals surface area contributed by atoms with E-state index in [2.05, 4.69) is 27.5 Å². The van der Waals surface area contributed by atoms with Gasteiger partial charge in [-0.25, -0.2) is 9.97 Å². The number of rotatable bonds is 9. The van der Waals surface area contributed by atoms with E-state index in [1.54, 1.807) is 12.3 Å². The average molecular weight is 609 g/mol. The van der Waals surface area contributed by atoms with E-state index in [0.29, 0.717) is 63.3 Å². The van der Waals surface area contributed by atoms with E-state index in [4.69, 9.17) is 42.4 Å². The van der Waals surface area contributed by atoms with Crippen LogP contribution in [0.4, 0.5) is 23.0 Å². The molecule has 1 saturated heterocycles. The summed E-state index contributed by atoms with van der Waals surface area (Å²) in [6, 6.07) is 11.3. The van der Waals surface area contributed by atoms with Crippen molar-refractivity contribution in [2.75, 3.05) is 43.4 Å². The number of para-hydroxylation sites is 1. The first kappa shape index (κ1) is 29.4. The predicted molar refractivity (Wildman–Crippen MR) is 169 cm³/mol. The molecule has 3 N–H and O–H groups in total. The Morgan fingerprint density at radius 2 is 1.81 bits per heavy atom. The van der Waals surface area contributed by atoms with Crippen LogP contribution < -0.4 is 25.4 Å². The maximum Gasteiger partial charge on any atom is 0.247 e. The fourth-order valence-electron chi connectivity index (χ4n) is 4.85. The van der Waals surface area contributed by atoms with Crippen LogP contribution in [0.3, 0.4) is 0 Å². The van der Waals surface area contributed by atoms with Crippen molar-refractivity contribution < 1.29 is 19.0 Å². The summed E-state index contributed by atoms with van der Waals surface area (Å²) < 4.78 is 16.5. The number of hydrogen-bond donors (Lipinski definition) is 3. The predicted octanol–water partition coefficient (Wildman–Crippen LogP) is 7.39. The lowest BCUT2D eigenvalue weighted by Gasteiger charge is -2.25. The number of aryl methyl sites for hydroxylation is 1. The number of carbonyl (C=O) groups is 1. The monoisotopic (exact) mass is 607 g/mol. The third-order valence-electron chi connectivity index (χ3n) is 7.08. The van der Waals surface area contributed by atoms with Gasteiger partial charge in [0.2, 0.25) is 5.91 Å². The van der Waals surface area contributed by atoms with Crippen LogP contribution in [-0.4, -0.2) is 49.4 Å². The van der Waals surface area contributed by atoms with E-state index < -0.39 is 0 Å². The fourth-order valence-corrected chi connectivity index (χ4v) is 5.54. The van der Waals surface area contributed by atoms with Crippen LogP contribution in [0, 0.1) is 6.92 Å². The topological polar surface area (TPSA) is 107 Å². The molecule has 0 unspecified atom stereocenters. The molecule has 9 nitrogen and oxygen atoms in total. The number of carbonyl (C=O) groups excluding carboxylic acids is 1. The molecule has 1 fully saturated rings. The van der Waals surface area contributed by atoms with Gasteiger partial charge >= 0.3 is 0 Å². The van der Waals surface area contributed by atoms with Crippen molar-refractivity contribution in [3.63, 3.8) is 0 Å². The summed E-state index contributed by atoms with van der Waals surface area (Å²) in [6.07, 6.45) is 4.67. The smallest absolute Gasteiger partial charge is 0.247 e. The number of halogens is 2. The summed E-state index contributed by atoms with van der Waals surface area (Å²) in [5.74, 6) is 1.77. The maximum absolute atomic E-state index is 12.1. The Balaban J connectivity index is 1.63.